The molecule has 0 radical (unpaired) electrons. The van der Waals surface area contributed by atoms with Crippen molar-refractivity contribution >= 4 is 15.8 Å². The second kappa shape index (κ2) is 4.63. The van der Waals surface area contributed by atoms with Crippen molar-refractivity contribution in [1.82, 2.24) is 0 Å². The zero-order chi connectivity index (χ0) is 12.3. The second-order valence-electron chi connectivity index (χ2n) is 3.46. The molecule has 0 heterocycles. The fourth-order valence-corrected chi connectivity index (χ4v) is 1.91. The standard InChI is InChI=1S/C10H12O5S/c1-16(14,15)8-4-2-3-7(5-8)9(11)6-10(12)13/h2-5,9,11H,6H2,1H3,(H,12,13)/t9-/m0/s1. The van der Waals surface area contributed by atoms with Crippen LogP contribution in [-0.2, 0) is 14.6 Å². The third kappa shape index (κ3) is 3.32. The minimum absolute atomic E-state index is 0.0643. The van der Waals surface area contributed by atoms with Crippen LogP contribution in [-0.4, -0.2) is 30.9 Å². The average molecular weight is 244 g/mol. The van der Waals surface area contributed by atoms with Gasteiger partial charge in [0.1, 0.15) is 0 Å². The zero-order valence-electron chi connectivity index (χ0n) is 8.62. The molecular formula is C10H12O5S. The Morgan fingerprint density at radius 3 is 2.56 bits per heavy atom. The van der Waals surface area contributed by atoms with Gasteiger partial charge in [0, 0.05) is 6.26 Å². The first-order valence-corrected chi connectivity index (χ1v) is 6.39. The highest BCUT2D eigenvalue weighted by Gasteiger charge is 2.14. The summed E-state index contributed by atoms with van der Waals surface area (Å²) in [6.07, 6.45) is -0.595. The normalized spacial score (nSPS) is 13.4. The van der Waals surface area contributed by atoms with Crippen LogP contribution < -0.4 is 0 Å². The van der Waals surface area contributed by atoms with E-state index in [4.69, 9.17) is 5.11 Å². The first-order valence-electron chi connectivity index (χ1n) is 4.50. The van der Waals surface area contributed by atoms with E-state index in [-0.39, 0.29) is 10.5 Å². The van der Waals surface area contributed by atoms with Crippen LogP contribution in [0.4, 0.5) is 0 Å². The number of carboxylic acid groups (broad SMARTS) is 1. The van der Waals surface area contributed by atoms with E-state index in [1.807, 2.05) is 0 Å². The molecule has 6 heteroatoms. The molecule has 1 rings (SSSR count). The highest BCUT2D eigenvalue weighted by molar-refractivity contribution is 7.90. The second-order valence-corrected chi connectivity index (χ2v) is 5.47. The molecule has 0 aliphatic rings. The van der Waals surface area contributed by atoms with Gasteiger partial charge in [-0.25, -0.2) is 8.42 Å². The van der Waals surface area contributed by atoms with Crippen molar-refractivity contribution in [2.45, 2.75) is 17.4 Å². The van der Waals surface area contributed by atoms with E-state index in [1.54, 1.807) is 0 Å². The molecule has 1 aromatic carbocycles. The molecule has 16 heavy (non-hydrogen) atoms. The van der Waals surface area contributed by atoms with Gasteiger partial charge in [0.05, 0.1) is 17.4 Å². The number of aliphatic hydroxyl groups excluding tert-OH is 1. The molecule has 0 saturated heterocycles. The Kier molecular flexibility index (Phi) is 3.66. The van der Waals surface area contributed by atoms with Crippen molar-refractivity contribution in [2.24, 2.45) is 0 Å². The number of carboxylic acids is 1. The summed E-state index contributed by atoms with van der Waals surface area (Å²) < 4.78 is 22.5. The summed E-state index contributed by atoms with van der Waals surface area (Å²) in [5.41, 5.74) is 0.283. The molecule has 0 aliphatic heterocycles. The van der Waals surface area contributed by atoms with Crippen molar-refractivity contribution in [3.8, 4) is 0 Å². The average Bonchev–Trinajstić information content (AvgIpc) is 2.15. The van der Waals surface area contributed by atoms with Crippen LogP contribution in [0.3, 0.4) is 0 Å². The maximum absolute atomic E-state index is 11.2. The van der Waals surface area contributed by atoms with Crippen molar-refractivity contribution in [2.75, 3.05) is 6.26 Å². The first-order chi connectivity index (χ1) is 7.30. The number of benzene rings is 1. The molecule has 2 N–H and O–H groups in total. The summed E-state index contributed by atoms with van der Waals surface area (Å²) in [4.78, 5) is 10.5. The predicted molar refractivity (Wildman–Crippen MR) is 56.8 cm³/mol. The minimum atomic E-state index is -3.35. The van der Waals surface area contributed by atoms with Crippen LogP contribution in [0.5, 0.6) is 0 Å². The molecule has 0 amide bonds. The van der Waals surface area contributed by atoms with Gasteiger partial charge in [-0.15, -0.1) is 0 Å². The van der Waals surface area contributed by atoms with Crippen molar-refractivity contribution < 1.29 is 23.4 Å². The summed E-state index contributed by atoms with van der Waals surface area (Å²) in [6, 6.07) is 5.63. The Morgan fingerprint density at radius 2 is 2.06 bits per heavy atom. The van der Waals surface area contributed by atoms with Crippen molar-refractivity contribution in [1.29, 1.82) is 0 Å². The highest BCUT2D eigenvalue weighted by Crippen LogP contribution is 2.20. The molecule has 1 atom stereocenters. The summed E-state index contributed by atoms with van der Waals surface area (Å²) in [5, 5.41) is 18.0. The SMILES string of the molecule is CS(=O)(=O)c1cccc([C@@H](O)CC(=O)O)c1. The fourth-order valence-electron chi connectivity index (χ4n) is 1.24. The topological polar surface area (TPSA) is 91.7 Å². The zero-order valence-corrected chi connectivity index (χ0v) is 9.44. The maximum Gasteiger partial charge on any atom is 0.306 e. The van der Waals surface area contributed by atoms with Crippen molar-refractivity contribution in [3.05, 3.63) is 29.8 Å². The molecule has 0 saturated carbocycles. The van der Waals surface area contributed by atoms with Gasteiger partial charge in [0.15, 0.2) is 9.84 Å². The van der Waals surface area contributed by atoms with E-state index in [0.29, 0.717) is 0 Å². The number of sulfone groups is 1. The molecule has 0 fully saturated rings. The van der Waals surface area contributed by atoms with E-state index in [1.165, 1.54) is 24.3 Å². The lowest BCUT2D eigenvalue weighted by atomic mass is 10.1. The summed E-state index contributed by atoms with van der Waals surface area (Å²) in [5.74, 6) is -1.14. The predicted octanol–water partition coefficient (Wildman–Crippen LogP) is 0.598. The lowest BCUT2D eigenvalue weighted by Gasteiger charge is -2.09. The van der Waals surface area contributed by atoms with Gasteiger partial charge in [-0.3, -0.25) is 4.79 Å². The lowest BCUT2D eigenvalue weighted by molar-refractivity contribution is -0.139. The van der Waals surface area contributed by atoms with Crippen LogP contribution >= 0.6 is 0 Å². The number of rotatable bonds is 4. The molecule has 0 bridgehead atoms. The summed E-state index contributed by atoms with van der Waals surface area (Å²) >= 11 is 0. The van der Waals surface area contributed by atoms with Crippen LogP contribution in [0, 0.1) is 0 Å². The third-order valence-electron chi connectivity index (χ3n) is 2.04. The van der Waals surface area contributed by atoms with E-state index in [0.717, 1.165) is 6.26 Å². The fraction of sp³-hybridized carbons (Fsp3) is 0.300. The molecule has 0 spiro atoms. The Bertz CT molecular complexity index is 492. The monoisotopic (exact) mass is 244 g/mol. The Hall–Kier alpha value is -1.40. The van der Waals surface area contributed by atoms with E-state index in [2.05, 4.69) is 0 Å². The number of hydrogen-bond acceptors (Lipinski definition) is 4. The smallest absolute Gasteiger partial charge is 0.306 e. The van der Waals surface area contributed by atoms with Gasteiger partial charge >= 0.3 is 5.97 Å². The lowest BCUT2D eigenvalue weighted by Crippen LogP contribution is -2.06. The Morgan fingerprint density at radius 1 is 1.44 bits per heavy atom. The van der Waals surface area contributed by atoms with Crippen molar-refractivity contribution in [3.63, 3.8) is 0 Å². The van der Waals surface area contributed by atoms with Gasteiger partial charge in [0.2, 0.25) is 0 Å². The van der Waals surface area contributed by atoms with Gasteiger partial charge in [-0.1, -0.05) is 12.1 Å². The van der Waals surface area contributed by atoms with Crippen LogP contribution in [0.15, 0.2) is 29.2 Å². The Balaban J connectivity index is 3.04. The number of aliphatic carboxylic acids is 1. The van der Waals surface area contributed by atoms with Gasteiger partial charge < -0.3 is 10.2 Å². The summed E-state index contributed by atoms with van der Waals surface area (Å²) in [6.45, 7) is 0. The van der Waals surface area contributed by atoms with E-state index >= 15 is 0 Å². The third-order valence-corrected chi connectivity index (χ3v) is 3.15. The van der Waals surface area contributed by atoms with Crippen LogP contribution in [0.25, 0.3) is 0 Å². The minimum Gasteiger partial charge on any atom is -0.481 e. The van der Waals surface area contributed by atoms with Crippen LogP contribution in [0.2, 0.25) is 0 Å². The molecule has 1 aromatic rings. The molecule has 88 valence electrons. The first kappa shape index (κ1) is 12.7. The molecule has 5 nitrogen and oxygen atoms in total. The molecule has 0 unspecified atom stereocenters. The van der Waals surface area contributed by atoms with E-state index in [9.17, 15) is 18.3 Å². The van der Waals surface area contributed by atoms with Gasteiger partial charge in [0.25, 0.3) is 0 Å². The largest absolute Gasteiger partial charge is 0.481 e. The Labute approximate surface area is 93.3 Å². The molecule has 0 aromatic heterocycles. The maximum atomic E-state index is 11.2. The van der Waals surface area contributed by atoms with Gasteiger partial charge in [-0.2, -0.15) is 0 Å². The van der Waals surface area contributed by atoms with Gasteiger partial charge in [-0.05, 0) is 17.7 Å². The summed E-state index contributed by atoms with van der Waals surface area (Å²) in [7, 11) is -3.35. The molecular weight excluding hydrogens is 232 g/mol. The van der Waals surface area contributed by atoms with Crippen LogP contribution in [0.1, 0.15) is 18.1 Å². The number of hydrogen-bond donors (Lipinski definition) is 2. The van der Waals surface area contributed by atoms with E-state index < -0.39 is 28.3 Å². The highest BCUT2D eigenvalue weighted by atomic mass is 32.2. The molecule has 0 aliphatic carbocycles. The number of aliphatic hydroxyl groups is 1. The quantitative estimate of drug-likeness (QED) is 0.809. The number of carbonyl (C=O) groups is 1.